The molecule has 13 nitrogen and oxygen atoms in total. The van der Waals surface area contributed by atoms with E-state index in [1.807, 2.05) is 59.7 Å². The number of benzene rings is 1. The van der Waals surface area contributed by atoms with Gasteiger partial charge in [0.2, 0.25) is 0 Å². The van der Waals surface area contributed by atoms with Crippen molar-refractivity contribution in [3.8, 4) is 0 Å². The Morgan fingerprint density at radius 3 is 2.27 bits per heavy atom. The van der Waals surface area contributed by atoms with E-state index in [4.69, 9.17) is 44.3 Å². The fraction of sp³-hybridized carbons (Fsp3) is 0.556. The molecule has 0 aliphatic carbocycles. The lowest BCUT2D eigenvalue weighted by molar-refractivity contribution is -0.0406. The van der Waals surface area contributed by atoms with Crippen LogP contribution in [0.1, 0.15) is 59.9 Å². The lowest BCUT2D eigenvalue weighted by atomic mass is 9.80. The predicted molar refractivity (Wildman–Crippen MR) is 204 cm³/mol. The van der Waals surface area contributed by atoms with Crippen molar-refractivity contribution in [2.75, 3.05) is 54.4 Å². The summed E-state index contributed by atoms with van der Waals surface area (Å²) in [6.45, 7) is 14.9. The van der Waals surface area contributed by atoms with Crippen LogP contribution in [0.4, 0.5) is 26.8 Å². The fourth-order valence-electron chi connectivity index (χ4n) is 6.61. The highest BCUT2D eigenvalue weighted by Gasteiger charge is 2.42. The third kappa shape index (κ3) is 9.99. The molecule has 3 aromatic rings. The maximum Gasteiger partial charge on any atom is 0.429 e. The van der Waals surface area contributed by atoms with E-state index in [-0.39, 0.29) is 23.6 Å². The normalized spacial score (nSPS) is 18.2. The van der Waals surface area contributed by atoms with Crippen LogP contribution in [0.25, 0.3) is 0 Å². The molecule has 2 saturated heterocycles. The summed E-state index contributed by atoms with van der Waals surface area (Å²) in [4.78, 5) is 31.1. The zero-order valence-electron chi connectivity index (χ0n) is 30.5. The van der Waals surface area contributed by atoms with E-state index in [9.17, 15) is 9.59 Å². The zero-order valence-corrected chi connectivity index (χ0v) is 32.8. The van der Waals surface area contributed by atoms with E-state index in [0.717, 1.165) is 24.9 Å². The quantitative estimate of drug-likeness (QED) is 0.198. The van der Waals surface area contributed by atoms with Crippen LogP contribution in [-0.2, 0) is 15.9 Å². The second-order valence-electron chi connectivity index (χ2n) is 15.4. The minimum absolute atomic E-state index is 0.0173. The number of carbonyl (C=O) groups is 2. The summed E-state index contributed by atoms with van der Waals surface area (Å²) < 4.78 is 11.9. The molecule has 0 spiro atoms. The van der Waals surface area contributed by atoms with E-state index >= 15 is 0 Å². The van der Waals surface area contributed by atoms with Gasteiger partial charge in [-0.2, -0.15) is 10.2 Å². The van der Waals surface area contributed by atoms with E-state index < -0.39 is 29.2 Å². The average molecular weight is 777 g/mol. The lowest BCUT2D eigenvalue weighted by Gasteiger charge is -2.39. The number of halogens is 3. The number of hydrogen-bond acceptors (Lipinski definition) is 11. The number of anilines is 3. The van der Waals surface area contributed by atoms with Gasteiger partial charge in [0.05, 0.1) is 35.9 Å². The van der Waals surface area contributed by atoms with Crippen molar-refractivity contribution in [1.82, 2.24) is 30.8 Å². The molecule has 3 atom stereocenters. The minimum atomic E-state index is -0.810. The lowest BCUT2D eigenvalue weighted by Crippen LogP contribution is -2.57. The Bertz CT molecular complexity index is 1690. The van der Waals surface area contributed by atoms with Gasteiger partial charge in [-0.15, -0.1) is 10.2 Å². The molecule has 0 radical (unpaired) electrons. The maximum absolute atomic E-state index is 13.8. The van der Waals surface area contributed by atoms with Gasteiger partial charge < -0.3 is 24.6 Å². The summed E-state index contributed by atoms with van der Waals surface area (Å²) in [5.74, 6) is 0.563. The smallest absolute Gasteiger partial charge is 0.429 e. The summed E-state index contributed by atoms with van der Waals surface area (Å²) in [5, 5.41) is 21.6. The second-order valence-corrected chi connectivity index (χ2v) is 16.5. The monoisotopic (exact) mass is 775 g/mol. The average Bonchev–Trinajstić information content (AvgIpc) is 3.77. The molecule has 0 saturated carbocycles. The molecule has 2 aliphatic heterocycles. The number of carbonyl (C=O) groups excluding carboxylic acids is 2. The third-order valence-corrected chi connectivity index (χ3v) is 10.4. The van der Waals surface area contributed by atoms with Crippen molar-refractivity contribution in [3.05, 3.63) is 63.5 Å². The van der Waals surface area contributed by atoms with Crippen LogP contribution >= 0.6 is 34.8 Å². The van der Waals surface area contributed by atoms with Crippen molar-refractivity contribution in [3.63, 3.8) is 0 Å². The summed E-state index contributed by atoms with van der Waals surface area (Å²) in [5.41, 5.74) is 4.11. The molecule has 16 heteroatoms. The standard InChI is InChI=1S/C36H48Cl3N9O4/c1-35(2,3)30(25-14-17-47(21-25)26-18-41-43-31(39)28(26)37)52-34(50)48(36(4,5)6)45-33(49)51-22-24-13-16-46(20-24)27-19-42-44-32(29(27)38)40-15-12-23-10-8-7-9-11-23/h7-11,18-19,24-25,30H,12-17,20-22H2,1-6H3,(H,40,44)(H,45,49)/t24-,25-,30-/m1/s1. The molecule has 282 valence electrons. The number of hydrogen-bond donors (Lipinski definition) is 2. The highest BCUT2D eigenvalue weighted by Crippen LogP contribution is 2.39. The zero-order chi connectivity index (χ0) is 37.6. The molecule has 2 amide bonds. The van der Waals surface area contributed by atoms with Crippen LogP contribution < -0.4 is 20.5 Å². The van der Waals surface area contributed by atoms with E-state index in [0.29, 0.717) is 54.3 Å². The van der Waals surface area contributed by atoms with Gasteiger partial charge in [-0.3, -0.25) is 0 Å². The highest BCUT2D eigenvalue weighted by molar-refractivity contribution is 6.42. The number of rotatable bonds is 10. The van der Waals surface area contributed by atoms with E-state index in [2.05, 4.69) is 53.1 Å². The largest absolute Gasteiger partial charge is 0.448 e. The molecule has 5 rings (SSSR count). The molecule has 2 aromatic heterocycles. The second kappa shape index (κ2) is 16.9. The molecular weight excluding hydrogens is 729 g/mol. The minimum Gasteiger partial charge on any atom is -0.448 e. The molecule has 2 N–H and O–H groups in total. The Kier molecular flexibility index (Phi) is 12.8. The first-order valence-electron chi connectivity index (χ1n) is 17.5. The number of aromatic nitrogens is 4. The first kappa shape index (κ1) is 39.4. The Morgan fingerprint density at radius 1 is 0.923 bits per heavy atom. The first-order chi connectivity index (χ1) is 24.6. The van der Waals surface area contributed by atoms with Gasteiger partial charge in [0.15, 0.2) is 11.0 Å². The topological polar surface area (TPSA) is 138 Å². The van der Waals surface area contributed by atoms with E-state index in [1.165, 1.54) is 10.6 Å². The summed E-state index contributed by atoms with van der Waals surface area (Å²) >= 11 is 19.3. The number of nitrogens with zero attached hydrogens (tertiary/aromatic N) is 7. The summed E-state index contributed by atoms with van der Waals surface area (Å²) in [6.07, 6.45) is 3.71. The SMILES string of the molecule is CC(C)(C)[C@H](OC(=O)N(NC(=O)OC[C@@H]1CCN(c2cnnc(NCCc3ccccc3)c2Cl)C1)C(C)(C)C)[C@@H]1CCN(c2cnnc(Cl)c2Cl)C1. The number of amides is 2. The van der Waals surface area contributed by atoms with Gasteiger partial charge in [0.1, 0.15) is 16.1 Å². The molecule has 2 fully saturated rings. The predicted octanol–water partition coefficient (Wildman–Crippen LogP) is 7.53. The van der Waals surface area contributed by atoms with Crippen LogP contribution in [0.5, 0.6) is 0 Å². The van der Waals surface area contributed by atoms with Crippen LogP contribution in [0, 0.1) is 17.3 Å². The van der Waals surface area contributed by atoms with Crippen molar-refractivity contribution in [2.45, 2.75) is 72.4 Å². The van der Waals surface area contributed by atoms with Crippen LogP contribution in [-0.4, -0.2) is 88.6 Å². The third-order valence-electron chi connectivity index (χ3n) is 9.26. The number of nitrogens with one attached hydrogen (secondary N) is 2. The van der Waals surface area contributed by atoms with Crippen LogP contribution in [0.2, 0.25) is 15.2 Å². The fourth-order valence-corrected chi connectivity index (χ4v) is 7.23. The summed E-state index contributed by atoms with van der Waals surface area (Å²) in [7, 11) is 0. The molecular formula is C36H48Cl3N9O4. The molecule has 4 heterocycles. The highest BCUT2D eigenvalue weighted by atomic mass is 35.5. The van der Waals surface area contributed by atoms with Crippen LogP contribution in [0.15, 0.2) is 42.7 Å². The van der Waals surface area contributed by atoms with Gasteiger partial charge in [-0.05, 0) is 51.0 Å². The van der Waals surface area contributed by atoms with Gasteiger partial charge in [-0.25, -0.2) is 20.0 Å². The maximum atomic E-state index is 13.8. The van der Waals surface area contributed by atoms with Crippen molar-refractivity contribution in [1.29, 1.82) is 0 Å². The Hall–Kier alpha value is -3.81. The molecule has 0 bridgehead atoms. The molecule has 52 heavy (non-hydrogen) atoms. The summed E-state index contributed by atoms with van der Waals surface area (Å²) in [6, 6.07) is 10.2. The van der Waals surface area contributed by atoms with Crippen molar-refractivity contribution in [2.24, 2.45) is 17.3 Å². The van der Waals surface area contributed by atoms with Gasteiger partial charge in [0, 0.05) is 44.6 Å². The molecule has 0 unspecified atom stereocenters. The first-order valence-corrected chi connectivity index (χ1v) is 18.6. The van der Waals surface area contributed by atoms with Crippen LogP contribution in [0.3, 0.4) is 0 Å². The Morgan fingerprint density at radius 2 is 1.58 bits per heavy atom. The Labute approximate surface area is 320 Å². The van der Waals surface area contributed by atoms with Gasteiger partial charge >= 0.3 is 12.2 Å². The van der Waals surface area contributed by atoms with Gasteiger partial charge in [0.25, 0.3) is 0 Å². The van der Waals surface area contributed by atoms with E-state index in [1.54, 1.807) is 12.4 Å². The Balaban J connectivity index is 1.14. The van der Waals surface area contributed by atoms with Crippen molar-refractivity contribution >= 4 is 64.2 Å². The molecule has 1 aromatic carbocycles. The van der Waals surface area contributed by atoms with Gasteiger partial charge in [-0.1, -0.05) is 85.9 Å². The molecule has 2 aliphatic rings. The number of hydrazine groups is 1. The number of ether oxygens (including phenoxy) is 2. The van der Waals surface area contributed by atoms with Crippen molar-refractivity contribution < 1.29 is 19.1 Å².